The monoisotopic (exact) mass is 451 g/mol. The molecule has 4 aromatic rings. The molecule has 0 aliphatic heterocycles. The second-order valence-electron chi connectivity index (χ2n) is 6.14. The number of halogens is 5. The molecule has 0 unspecified atom stereocenters. The van der Waals surface area contributed by atoms with Gasteiger partial charge in [0.25, 0.3) is 11.7 Å². The Morgan fingerprint density at radius 2 is 1.70 bits per heavy atom. The first-order valence-corrected chi connectivity index (χ1v) is 9.14. The Labute approximate surface area is 177 Å². The van der Waals surface area contributed by atoms with Crippen LogP contribution in [0, 0.1) is 0 Å². The van der Waals surface area contributed by atoms with Crippen molar-refractivity contribution in [1.82, 2.24) is 19.6 Å². The Hall–Kier alpha value is -3.17. The third-order valence-electron chi connectivity index (χ3n) is 4.03. The average molecular weight is 452 g/mol. The second-order valence-corrected chi connectivity index (χ2v) is 7.02. The molecule has 0 bridgehead atoms. The summed E-state index contributed by atoms with van der Waals surface area (Å²) < 4.78 is 41.4. The minimum atomic E-state index is -4.75. The van der Waals surface area contributed by atoms with E-state index in [1.165, 1.54) is 30.3 Å². The number of benzene rings is 2. The molecule has 1 N–H and O–H groups in total. The lowest BCUT2D eigenvalue weighted by Crippen LogP contribution is -2.16. The lowest BCUT2D eigenvalue weighted by molar-refractivity contribution is -0.142. The van der Waals surface area contributed by atoms with Crippen LogP contribution in [-0.4, -0.2) is 25.5 Å². The highest BCUT2D eigenvalue weighted by atomic mass is 35.5. The van der Waals surface area contributed by atoms with Crippen molar-refractivity contribution in [2.75, 3.05) is 5.32 Å². The summed E-state index contributed by atoms with van der Waals surface area (Å²) >= 11 is 11.7. The van der Waals surface area contributed by atoms with Gasteiger partial charge < -0.3 is 5.32 Å². The zero-order chi connectivity index (χ0) is 21.5. The van der Waals surface area contributed by atoms with Gasteiger partial charge in [-0.3, -0.25) is 4.79 Å². The van der Waals surface area contributed by atoms with E-state index in [0.29, 0.717) is 25.8 Å². The van der Waals surface area contributed by atoms with Gasteiger partial charge >= 0.3 is 6.18 Å². The molecule has 2 aromatic carbocycles. The van der Waals surface area contributed by atoms with Crippen molar-refractivity contribution >= 4 is 40.6 Å². The van der Waals surface area contributed by atoms with Crippen LogP contribution >= 0.6 is 23.2 Å². The van der Waals surface area contributed by atoms with E-state index >= 15 is 0 Å². The molecule has 0 saturated carbocycles. The summed E-state index contributed by atoms with van der Waals surface area (Å²) in [7, 11) is 0. The number of rotatable bonds is 3. The van der Waals surface area contributed by atoms with Crippen molar-refractivity contribution < 1.29 is 18.0 Å². The fourth-order valence-corrected chi connectivity index (χ4v) is 3.00. The zero-order valence-corrected chi connectivity index (χ0v) is 16.3. The van der Waals surface area contributed by atoms with Crippen molar-refractivity contribution in [3.8, 4) is 11.3 Å². The highest BCUT2D eigenvalue weighted by Gasteiger charge is 2.36. The summed E-state index contributed by atoms with van der Waals surface area (Å²) in [6.45, 7) is 0. The molecule has 152 valence electrons. The van der Waals surface area contributed by atoms with Gasteiger partial charge in [-0.25, -0.2) is 4.98 Å². The number of nitrogens with one attached hydrogen (secondary N) is 1. The third-order valence-corrected chi connectivity index (χ3v) is 4.52. The van der Waals surface area contributed by atoms with Gasteiger partial charge in [-0.2, -0.15) is 22.7 Å². The van der Waals surface area contributed by atoms with Crippen LogP contribution in [0.3, 0.4) is 0 Å². The Morgan fingerprint density at radius 3 is 2.37 bits per heavy atom. The highest BCUT2D eigenvalue weighted by molar-refractivity contribution is 6.31. The molecular weight excluding hydrogens is 442 g/mol. The van der Waals surface area contributed by atoms with Crippen molar-refractivity contribution in [3.63, 3.8) is 0 Å². The number of carbonyl (C=O) groups excluding carboxylic acids is 1. The standard InChI is InChI=1S/C19H10Cl2F3N5O/c20-11-6-4-10(5-7-11)14-9-15(19(22,23)24)29-18(26-14)27-16(28-29)17(30)25-13-3-1-2-12(21)8-13/h1-9H,(H,25,30). The number of carbonyl (C=O) groups is 1. The number of aromatic nitrogens is 4. The smallest absolute Gasteiger partial charge is 0.319 e. The van der Waals surface area contributed by atoms with Gasteiger partial charge in [0.15, 0.2) is 5.69 Å². The molecule has 0 fully saturated rings. The Balaban J connectivity index is 1.78. The van der Waals surface area contributed by atoms with Gasteiger partial charge in [-0.05, 0) is 36.4 Å². The number of hydrogen-bond acceptors (Lipinski definition) is 4. The molecule has 2 aromatic heterocycles. The van der Waals surface area contributed by atoms with Gasteiger partial charge in [0.1, 0.15) is 0 Å². The molecule has 1 amide bonds. The number of amides is 1. The minimum absolute atomic E-state index is 0.0145. The summed E-state index contributed by atoms with van der Waals surface area (Å²) in [6.07, 6.45) is -4.75. The summed E-state index contributed by atoms with van der Waals surface area (Å²) in [5, 5.41) is 7.00. The predicted octanol–water partition coefficient (Wildman–Crippen LogP) is 5.37. The molecule has 6 nitrogen and oxygen atoms in total. The molecule has 0 saturated heterocycles. The Kier molecular flexibility index (Phi) is 5.08. The first-order chi connectivity index (χ1) is 14.2. The van der Waals surface area contributed by atoms with Crippen LogP contribution in [0.5, 0.6) is 0 Å². The van der Waals surface area contributed by atoms with E-state index < -0.39 is 23.6 Å². The van der Waals surface area contributed by atoms with E-state index in [2.05, 4.69) is 20.4 Å². The number of fused-ring (bicyclic) bond motifs is 1. The molecule has 0 spiro atoms. The van der Waals surface area contributed by atoms with E-state index in [9.17, 15) is 18.0 Å². The molecule has 2 heterocycles. The number of alkyl halides is 3. The van der Waals surface area contributed by atoms with Crippen LogP contribution in [0.1, 0.15) is 16.3 Å². The maximum Gasteiger partial charge on any atom is 0.433 e. The Bertz CT molecular complexity index is 1260. The molecule has 0 aliphatic carbocycles. The third kappa shape index (κ3) is 4.07. The molecule has 0 radical (unpaired) electrons. The van der Waals surface area contributed by atoms with Crippen molar-refractivity contribution in [2.45, 2.75) is 6.18 Å². The van der Waals surface area contributed by atoms with Crippen LogP contribution in [0.25, 0.3) is 17.0 Å². The molecule has 4 rings (SSSR count). The average Bonchev–Trinajstić information content (AvgIpc) is 3.11. The van der Waals surface area contributed by atoms with E-state index in [-0.39, 0.29) is 11.5 Å². The topological polar surface area (TPSA) is 72.2 Å². The van der Waals surface area contributed by atoms with Gasteiger partial charge in [0.05, 0.1) is 5.69 Å². The fourth-order valence-electron chi connectivity index (χ4n) is 2.69. The van der Waals surface area contributed by atoms with Crippen LogP contribution in [0.2, 0.25) is 10.0 Å². The van der Waals surface area contributed by atoms with Gasteiger partial charge in [0.2, 0.25) is 5.82 Å². The van der Waals surface area contributed by atoms with Crippen molar-refractivity contribution in [2.24, 2.45) is 0 Å². The molecule has 30 heavy (non-hydrogen) atoms. The van der Waals surface area contributed by atoms with Crippen molar-refractivity contribution in [1.29, 1.82) is 0 Å². The number of nitrogens with zero attached hydrogens (tertiary/aromatic N) is 4. The first-order valence-electron chi connectivity index (χ1n) is 8.38. The van der Waals surface area contributed by atoms with Gasteiger partial charge in [0, 0.05) is 21.3 Å². The summed E-state index contributed by atoms with van der Waals surface area (Å²) in [5.41, 5.74) is -0.356. The number of anilines is 1. The first kappa shape index (κ1) is 20.1. The van der Waals surface area contributed by atoms with Gasteiger partial charge in [-0.15, -0.1) is 5.10 Å². The maximum absolute atomic E-state index is 13.6. The minimum Gasteiger partial charge on any atom is -0.319 e. The highest BCUT2D eigenvalue weighted by Crippen LogP contribution is 2.32. The molecule has 0 atom stereocenters. The van der Waals surface area contributed by atoms with Crippen molar-refractivity contribution in [3.05, 3.63) is 76.2 Å². The lowest BCUT2D eigenvalue weighted by Gasteiger charge is -2.10. The Morgan fingerprint density at radius 1 is 0.967 bits per heavy atom. The number of hydrogen-bond donors (Lipinski definition) is 1. The summed E-state index contributed by atoms with van der Waals surface area (Å²) in [4.78, 5) is 20.4. The molecular formula is C19H10Cl2F3N5O. The maximum atomic E-state index is 13.6. The molecule has 0 aliphatic rings. The zero-order valence-electron chi connectivity index (χ0n) is 14.8. The normalized spacial score (nSPS) is 11.6. The molecule has 11 heteroatoms. The van der Waals surface area contributed by atoms with E-state index in [0.717, 1.165) is 6.07 Å². The van der Waals surface area contributed by atoms with Crippen LogP contribution < -0.4 is 5.32 Å². The van der Waals surface area contributed by atoms with Crippen LogP contribution in [-0.2, 0) is 6.18 Å². The quantitative estimate of drug-likeness (QED) is 0.454. The lowest BCUT2D eigenvalue weighted by atomic mass is 10.1. The van der Waals surface area contributed by atoms with E-state index in [1.54, 1.807) is 18.2 Å². The van der Waals surface area contributed by atoms with Gasteiger partial charge in [-0.1, -0.05) is 41.4 Å². The SMILES string of the molecule is O=C(Nc1cccc(Cl)c1)c1nc2nc(-c3ccc(Cl)cc3)cc(C(F)(F)F)n2n1. The van der Waals surface area contributed by atoms with Crippen LogP contribution in [0.15, 0.2) is 54.6 Å². The summed E-state index contributed by atoms with van der Waals surface area (Å²) in [5.74, 6) is -1.64. The predicted molar refractivity (Wildman–Crippen MR) is 106 cm³/mol. The van der Waals surface area contributed by atoms with Crippen LogP contribution in [0.4, 0.5) is 18.9 Å². The van der Waals surface area contributed by atoms with E-state index in [1.807, 2.05) is 0 Å². The van der Waals surface area contributed by atoms with E-state index in [4.69, 9.17) is 23.2 Å². The summed E-state index contributed by atoms with van der Waals surface area (Å²) in [6, 6.07) is 13.2. The fraction of sp³-hybridized carbons (Fsp3) is 0.0526. The largest absolute Gasteiger partial charge is 0.433 e. The second kappa shape index (κ2) is 7.58.